The quantitative estimate of drug-likeness (QED) is 0.364. The Bertz CT molecular complexity index is 281. The van der Waals surface area contributed by atoms with E-state index in [1.807, 2.05) is 0 Å². The minimum atomic E-state index is -2.14. The molecule has 0 N–H and O–H groups in total. The highest BCUT2D eigenvalue weighted by Gasteiger charge is 2.09. The SMILES string of the molecule is CCCCCCCCCCCC(=O)OS(=O)OCC=O. The molecule has 1 atom stereocenters. The first-order chi connectivity index (χ1) is 9.70. The van der Waals surface area contributed by atoms with Crippen LogP contribution in [0.15, 0.2) is 0 Å². The molecule has 0 aromatic rings. The van der Waals surface area contributed by atoms with Gasteiger partial charge in [0.2, 0.25) is 0 Å². The average Bonchev–Trinajstić information content (AvgIpc) is 2.43. The molecule has 0 aromatic heterocycles. The molecule has 0 saturated carbocycles. The molecule has 0 amide bonds. The average molecular weight is 306 g/mol. The number of hydrogen-bond acceptors (Lipinski definition) is 5. The smallest absolute Gasteiger partial charge is 0.343 e. The fourth-order valence-corrected chi connectivity index (χ4v) is 2.25. The van der Waals surface area contributed by atoms with Gasteiger partial charge in [-0.3, -0.25) is 8.98 Å². The van der Waals surface area contributed by atoms with Crippen LogP contribution >= 0.6 is 0 Å². The van der Waals surface area contributed by atoms with Gasteiger partial charge in [-0.2, -0.15) is 4.21 Å². The van der Waals surface area contributed by atoms with Gasteiger partial charge in [-0.05, 0) is 6.42 Å². The first kappa shape index (κ1) is 19.2. The minimum absolute atomic E-state index is 0.242. The van der Waals surface area contributed by atoms with Crippen LogP contribution in [-0.2, 0) is 29.3 Å². The van der Waals surface area contributed by atoms with Crippen molar-refractivity contribution in [2.45, 2.75) is 71.1 Å². The minimum Gasteiger partial charge on any atom is -0.343 e. The third-order valence-electron chi connectivity index (χ3n) is 2.88. The Morgan fingerprint density at radius 1 is 1.00 bits per heavy atom. The number of unbranched alkanes of at least 4 members (excludes halogenated alkanes) is 8. The summed E-state index contributed by atoms with van der Waals surface area (Å²) in [6.07, 6.45) is 11.2. The maximum Gasteiger partial charge on any atom is 0.363 e. The van der Waals surface area contributed by atoms with Crippen LogP contribution in [0, 0.1) is 0 Å². The largest absolute Gasteiger partial charge is 0.363 e. The summed E-state index contributed by atoms with van der Waals surface area (Å²) in [5, 5.41) is 0. The Hall–Kier alpha value is -0.750. The normalized spacial score (nSPS) is 12.1. The van der Waals surface area contributed by atoms with Crippen LogP contribution in [0.4, 0.5) is 0 Å². The van der Waals surface area contributed by atoms with Crippen molar-refractivity contribution in [1.82, 2.24) is 0 Å². The number of rotatable bonds is 14. The first-order valence-corrected chi connectivity index (χ1v) is 8.40. The maximum absolute atomic E-state index is 11.2. The summed E-state index contributed by atoms with van der Waals surface area (Å²) >= 11 is -2.14. The van der Waals surface area contributed by atoms with Crippen molar-refractivity contribution in [3.05, 3.63) is 0 Å². The van der Waals surface area contributed by atoms with Gasteiger partial charge in [0.15, 0.2) is 0 Å². The highest BCUT2D eigenvalue weighted by atomic mass is 32.2. The van der Waals surface area contributed by atoms with Crippen LogP contribution in [0.25, 0.3) is 0 Å². The van der Waals surface area contributed by atoms with Gasteiger partial charge < -0.3 is 8.98 Å². The second kappa shape index (κ2) is 14.7. The van der Waals surface area contributed by atoms with E-state index in [4.69, 9.17) is 0 Å². The van der Waals surface area contributed by atoms with Gasteiger partial charge >= 0.3 is 17.3 Å². The van der Waals surface area contributed by atoms with E-state index in [0.717, 1.165) is 19.3 Å². The van der Waals surface area contributed by atoms with Crippen LogP contribution in [0.3, 0.4) is 0 Å². The maximum atomic E-state index is 11.2. The zero-order valence-electron chi connectivity index (χ0n) is 12.3. The van der Waals surface area contributed by atoms with E-state index in [2.05, 4.69) is 15.3 Å². The summed E-state index contributed by atoms with van der Waals surface area (Å²) < 4.78 is 19.9. The fraction of sp³-hybridized carbons (Fsp3) is 0.857. The van der Waals surface area contributed by atoms with Gasteiger partial charge in [-0.1, -0.05) is 58.3 Å². The third kappa shape index (κ3) is 13.7. The van der Waals surface area contributed by atoms with Gasteiger partial charge in [0.05, 0.1) is 0 Å². The molecule has 1 unspecified atom stereocenters. The molecule has 0 aliphatic rings. The number of hydrogen-bond donors (Lipinski definition) is 0. The highest BCUT2D eigenvalue weighted by molar-refractivity contribution is 7.75. The lowest BCUT2D eigenvalue weighted by Gasteiger charge is -2.03. The lowest BCUT2D eigenvalue weighted by atomic mass is 10.1. The molecule has 20 heavy (non-hydrogen) atoms. The molecular weight excluding hydrogens is 280 g/mol. The molecule has 0 bridgehead atoms. The van der Waals surface area contributed by atoms with Crippen LogP contribution in [0.1, 0.15) is 71.1 Å². The van der Waals surface area contributed by atoms with Crippen LogP contribution in [0.5, 0.6) is 0 Å². The standard InChI is InChI=1S/C14H26O5S/c1-2-3-4-5-6-7-8-9-10-11-14(16)19-20(17)18-13-12-15/h12H,2-11,13H2,1H3. The predicted molar refractivity (Wildman–Crippen MR) is 78.1 cm³/mol. The van der Waals surface area contributed by atoms with E-state index < -0.39 is 17.3 Å². The number of carbonyl (C=O) groups excluding carboxylic acids is 2. The van der Waals surface area contributed by atoms with Gasteiger partial charge in [-0.15, -0.1) is 0 Å². The Morgan fingerprint density at radius 3 is 2.10 bits per heavy atom. The number of aldehydes is 1. The molecular formula is C14H26O5S. The van der Waals surface area contributed by atoms with Gasteiger partial charge in [0, 0.05) is 6.42 Å². The van der Waals surface area contributed by atoms with Crippen LogP contribution < -0.4 is 0 Å². The molecule has 0 spiro atoms. The Kier molecular flexibility index (Phi) is 14.1. The molecule has 0 rings (SSSR count). The number of carbonyl (C=O) groups is 2. The molecule has 0 radical (unpaired) electrons. The zero-order chi connectivity index (χ0) is 15.1. The van der Waals surface area contributed by atoms with E-state index in [1.54, 1.807) is 0 Å². The van der Waals surface area contributed by atoms with Crippen molar-refractivity contribution in [3.63, 3.8) is 0 Å². The van der Waals surface area contributed by atoms with Crippen molar-refractivity contribution in [2.24, 2.45) is 0 Å². The summed E-state index contributed by atoms with van der Waals surface area (Å²) in [6.45, 7) is 1.87. The Morgan fingerprint density at radius 2 is 1.55 bits per heavy atom. The molecule has 5 nitrogen and oxygen atoms in total. The van der Waals surface area contributed by atoms with Gasteiger partial charge in [-0.25, -0.2) is 0 Å². The fourth-order valence-electron chi connectivity index (χ4n) is 1.80. The van der Waals surface area contributed by atoms with E-state index in [1.165, 1.54) is 38.5 Å². The summed E-state index contributed by atoms with van der Waals surface area (Å²) in [5.41, 5.74) is 0. The lowest BCUT2D eigenvalue weighted by Crippen LogP contribution is -2.10. The van der Waals surface area contributed by atoms with Crippen molar-refractivity contribution < 1.29 is 22.2 Å². The summed E-state index contributed by atoms with van der Waals surface area (Å²) in [7, 11) is 0. The van der Waals surface area contributed by atoms with E-state index in [-0.39, 0.29) is 13.0 Å². The highest BCUT2D eigenvalue weighted by Crippen LogP contribution is 2.10. The van der Waals surface area contributed by atoms with Crippen molar-refractivity contribution in [2.75, 3.05) is 6.61 Å². The monoisotopic (exact) mass is 306 g/mol. The molecule has 0 aromatic carbocycles. The Balaban J connectivity index is 3.31. The second-order valence-corrected chi connectivity index (χ2v) is 5.50. The molecule has 0 fully saturated rings. The molecule has 0 aliphatic carbocycles. The summed E-state index contributed by atoms with van der Waals surface area (Å²) in [6, 6.07) is 0. The van der Waals surface area contributed by atoms with Crippen LogP contribution in [0.2, 0.25) is 0 Å². The van der Waals surface area contributed by atoms with Crippen LogP contribution in [-0.4, -0.2) is 23.1 Å². The Labute approximate surface area is 124 Å². The van der Waals surface area contributed by atoms with Crippen molar-refractivity contribution in [1.29, 1.82) is 0 Å². The second-order valence-electron chi connectivity index (χ2n) is 4.69. The van der Waals surface area contributed by atoms with E-state index in [9.17, 15) is 13.8 Å². The third-order valence-corrected chi connectivity index (χ3v) is 3.53. The lowest BCUT2D eigenvalue weighted by molar-refractivity contribution is -0.134. The molecule has 6 heteroatoms. The molecule has 0 saturated heterocycles. The van der Waals surface area contributed by atoms with Gasteiger partial charge in [0.1, 0.15) is 12.9 Å². The van der Waals surface area contributed by atoms with E-state index >= 15 is 0 Å². The first-order valence-electron chi connectivity index (χ1n) is 7.40. The zero-order valence-corrected chi connectivity index (χ0v) is 13.1. The molecule has 118 valence electrons. The summed E-state index contributed by atoms with van der Waals surface area (Å²) in [5.74, 6) is -0.544. The van der Waals surface area contributed by atoms with E-state index in [0.29, 0.717) is 6.29 Å². The van der Waals surface area contributed by atoms with Crippen molar-refractivity contribution in [3.8, 4) is 0 Å². The van der Waals surface area contributed by atoms with Gasteiger partial charge in [0.25, 0.3) is 0 Å². The van der Waals surface area contributed by atoms with Crippen molar-refractivity contribution >= 4 is 23.6 Å². The molecule has 0 aliphatic heterocycles. The summed E-state index contributed by atoms with van der Waals surface area (Å²) in [4.78, 5) is 21.2. The predicted octanol–water partition coefficient (Wildman–Crippen LogP) is 3.24. The molecule has 0 heterocycles. The topological polar surface area (TPSA) is 69.7 Å².